The number of fused-ring (bicyclic) bond motifs is 1. The molecule has 0 bridgehead atoms. The molecular weight excluding hydrogens is 214 g/mol. The van der Waals surface area contributed by atoms with Crippen molar-refractivity contribution in [3.05, 3.63) is 63.3 Å². The van der Waals surface area contributed by atoms with Gasteiger partial charge in [0.25, 0.3) is 5.56 Å². The van der Waals surface area contributed by atoms with Crippen molar-refractivity contribution in [2.24, 2.45) is 5.73 Å². The SMILES string of the molecule is NCc1cnc(C2Cc3ccccc32)[nH]c1=O. The Kier molecular flexibility index (Phi) is 2.30. The Balaban J connectivity index is 1.98. The van der Waals surface area contributed by atoms with Crippen molar-refractivity contribution in [3.8, 4) is 0 Å². The minimum atomic E-state index is -0.123. The molecule has 17 heavy (non-hydrogen) atoms. The number of nitrogens with zero attached hydrogens (tertiary/aromatic N) is 1. The number of H-pyrrole nitrogens is 1. The molecule has 1 heterocycles. The zero-order valence-corrected chi connectivity index (χ0v) is 9.31. The zero-order chi connectivity index (χ0) is 11.8. The number of benzene rings is 1. The largest absolute Gasteiger partial charge is 0.326 e. The second-order valence-electron chi connectivity index (χ2n) is 4.28. The summed E-state index contributed by atoms with van der Waals surface area (Å²) in [6.07, 6.45) is 2.52. The molecule has 0 radical (unpaired) electrons. The van der Waals surface area contributed by atoms with Gasteiger partial charge in [0, 0.05) is 24.2 Å². The lowest BCUT2D eigenvalue weighted by molar-refractivity contribution is 0.653. The van der Waals surface area contributed by atoms with Crippen molar-refractivity contribution in [1.29, 1.82) is 0 Å². The van der Waals surface area contributed by atoms with Gasteiger partial charge in [0.15, 0.2) is 0 Å². The molecule has 1 aliphatic carbocycles. The highest BCUT2D eigenvalue weighted by Crippen LogP contribution is 2.37. The van der Waals surface area contributed by atoms with Crippen LogP contribution in [0, 0.1) is 0 Å². The van der Waals surface area contributed by atoms with Crippen molar-refractivity contribution >= 4 is 0 Å². The van der Waals surface area contributed by atoms with E-state index >= 15 is 0 Å². The molecule has 4 heteroatoms. The minimum Gasteiger partial charge on any atom is -0.326 e. The maximum atomic E-state index is 11.7. The van der Waals surface area contributed by atoms with Crippen LogP contribution in [0.3, 0.4) is 0 Å². The summed E-state index contributed by atoms with van der Waals surface area (Å²) in [5.41, 5.74) is 8.44. The van der Waals surface area contributed by atoms with Crippen LogP contribution in [0.1, 0.15) is 28.4 Å². The molecule has 3 rings (SSSR count). The highest BCUT2D eigenvalue weighted by atomic mass is 16.1. The Morgan fingerprint density at radius 2 is 2.24 bits per heavy atom. The Morgan fingerprint density at radius 3 is 2.94 bits per heavy atom. The first-order valence-corrected chi connectivity index (χ1v) is 5.65. The molecule has 1 aromatic heterocycles. The van der Waals surface area contributed by atoms with Crippen LogP contribution in [0.25, 0.3) is 0 Å². The van der Waals surface area contributed by atoms with E-state index in [1.54, 1.807) is 6.20 Å². The third-order valence-electron chi connectivity index (χ3n) is 3.30. The molecule has 0 fully saturated rings. The summed E-state index contributed by atoms with van der Waals surface area (Å²) in [4.78, 5) is 18.8. The number of rotatable bonds is 2. The molecule has 0 saturated heterocycles. The molecule has 1 unspecified atom stereocenters. The Labute approximate surface area is 98.5 Å². The van der Waals surface area contributed by atoms with E-state index in [1.807, 2.05) is 12.1 Å². The van der Waals surface area contributed by atoms with E-state index in [2.05, 4.69) is 22.1 Å². The standard InChI is InChI=1S/C13H13N3O/c14-6-9-7-15-12(16-13(9)17)11-5-8-3-1-2-4-10(8)11/h1-4,7,11H,5-6,14H2,(H,15,16,17). The van der Waals surface area contributed by atoms with Gasteiger partial charge in [-0.1, -0.05) is 24.3 Å². The summed E-state index contributed by atoms with van der Waals surface area (Å²) >= 11 is 0. The van der Waals surface area contributed by atoms with E-state index in [1.165, 1.54) is 11.1 Å². The summed E-state index contributed by atoms with van der Waals surface area (Å²) in [6.45, 7) is 0.226. The minimum absolute atomic E-state index is 0.123. The molecule has 1 atom stereocenters. The third-order valence-corrected chi connectivity index (χ3v) is 3.30. The fourth-order valence-corrected chi connectivity index (χ4v) is 2.26. The second-order valence-corrected chi connectivity index (χ2v) is 4.28. The molecule has 1 aromatic carbocycles. The molecule has 4 nitrogen and oxygen atoms in total. The number of aromatic amines is 1. The first-order valence-electron chi connectivity index (χ1n) is 5.65. The van der Waals surface area contributed by atoms with Gasteiger partial charge in [-0.05, 0) is 17.5 Å². The van der Waals surface area contributed by atoms with Crippen LogP contribution in [-0.4, -0.2) is 9.97 Å². The quantitative estimate of drug-likeness (QED) is 0.801. The van der Waals surface area contributed by atoms with Gasteiger partial charge in [0.2, 0.25) is 0 Å². The number of hydrogen-bond donors (Lipinski definition) is 2. The normalized spacial score (nSPS) is 17.4. The van der Waals surface area contributed by atoms with Crippen LogP contribution in [0.15, 0.2) is 35.3 Å². The van der Waals surface area contributed by atoms with Crippen LogP contribution in [-0.2, 0) is 13.0 Å². The molecule has 0 amide bonds. The Morgan fingerprint density at radius 1 is 1.41 bits per heavy atom. The monoisotopic (exact) mass is 227 g/mol. The van der Waals surface area contributed by atoms with Gasteiger partial charge in [0.1, 0.15) is 5.82 Å². The predicted molar refractivity (Wildman–Crippen MR) is 64.7 cm³/mol. The second kappa shape index (κ2) is 3.82. The summed E-state index contributed by atoms with van der Waals surface area (Å²) < 4.78 is 0. The Hall–Kier alpha value is -1.94. The van der Waals surface area contributed by atoms with E-state index in [0.717, 1.165) is 12.2 Å². The van der Waals surface area contributed by atoms with Gasteiger partial charge in [-0.25, -0.2) is 4.98 Å². The molecule has 86 valence electrons. The van der Waals surface area contributed by atoms with E-state index in [9.17, 15) is 4.79 Å². The summed E-state index contributed by atoms with van der Waals surface area (Å²) in [5.74, 6) is 0.969. The highest BCUT2D eigenvalue weighted by molar-refractivity contribution is 5.43. The maximum absolute atomic E-state index is 11.7. The number of nitrogens with two attached hydrogens (primary N) is 1. The average Bonchev–Trinajstić information content (AvgIpc) is 2.31. The van der Waals surface area contributed by atoms with Crippen LogP contribution in [0.2, 0.25) is 0 Å². The van der Waals surface area contributed by atoms with E-state index in [4.69, 9.17) is 5.73 Å². The third kappa shape index (κ3) is 1.57. The van der Waals surface area contributed by atoms with Crippen LogP contribution < -0.4 is 11.3 Å². The van der Waals surface area contributed by atoms with Crippen LogP contribution in [0.4, 0.5) is 0 Å². The van der Waals surface area contributed by atoms with E-state index in [0.29, 0.717) is 5.56 Å². The molecule has 1 aliphatic rings. The zero-order valence-electron chi connectivity index (χ0n) is 9.31. The number of aromatic nitrogens is 2. The van der Waals surface area contributed by atoms with Crippen molar-refractivity contribution < 1.29 is 0 Å². The van der Waals surface area contributed by atoms with Crippen LogP contribution in [0.5, 0.6) is 0 Å². The lowest BCUT2D eigenvalue weighted by Crippen LogP contribution is -2.25. The average molecular weight is 227 g/mol. The lowest BCUT2D eigenvalue weighted by Gasteiger charge is -2.29. The highest BCUT2D eigenvalue weighted by Gasteiger charge is 2.28. The lowest BCUT2D eigenvalue weighted by atomic mass is 9.77. The first-order chi connectivity index (χ1) is 8.29. The van der Waals surface area contributed by atoms with Crippen molar-refractivity contribution in [3.63, 3.8) is 0 Å². The molecule has 0 saturated carbocycles. The van der Waals surface area contributed by atoms with Gasteiger partial charge in [-0.3, -0.25) is 4.79 Å². The fraction of sp³-hybridized carbons (Fsp3) is 0.231. The smallest absolute Gasteiger partial charge is 0.255 e. The molecular formula is C13H13N3O. The van der Waals surface area contributed by atoms with Gasteiger partial charge in [-0.2, -0.15) is 0 Å². The molecule has 3 N–H and O–H groups in total. The van der Waals surface area contributed by atoms with Gasteiger partial charge in [-0.15, -0.1) is 0 Å². The maximum Gasteiger partial charge on any atom is 0.255 e. The fourth-order valence-electron chi connectivity index (χ4n) is 2.26. The van der Waals surface area contributed by atoms with E-state index in [-0.39, 0.29) is 18.0 Å². The number of nitrogens with one attached hydrogen (secondary N) is 1. The molecule has 0 spiro atoms. The summed E-state index contributed by atoms with van der Waals surface area (Å²) in [5, 5.41) is 0. The van der Waals surface area contributed by atoms with E-state index < -0.39 is 0 Å². The van der Waals surface area contributed by atoms with Crippen molar-refractivity contribution in [2.45, 2.75) is 18.9 Å². The molecule has 0 aliphatic heterocycles. The summed E-state index contributed by atoms with van der Waals surface area (Å²) in [6, 6.07) is 8.23. The topological polar surface area (TPSA) is 71.8 Å². The molecule has 2 aromatic rings. The Bertz CT molecular complexity index is 618. The van der Waals surface area contributed by atoms with Gasteiger partial charge in [0.05, 0.1) is 0 Å². The van der Waals surface area contributed by atoms with Gasteiger partial charge < -0.3 is 10.7 Å². The first kappa shape index (κ1) is 10.2. The van der Waals surface area contributed by atoms with Gasteiger partial charge >= 0.3 is 0 Å². The number of hydrogen-bond acceptors (Lipinski definition) is 3. The predicted octanol–water partition coefficient (Wildman–Crippen LogP) is 0.917. The van der Waals surface area contributed by atoms with Crippen molar-refractivity contribution in [2.75, 3.05) is 0 Å². The van der Waals surface area contributed by atoms with Crippen molar-refractivity contribution in [1.82, 2.24) is 9.97 Å². The van der Waals surface area contributed by atoms with Crippen LogP contribution >= 0.6 is 0 Å². The summed E-state index contributed by atoms with van der Waals surface area (Å²) in [7, 11) is 0.